The van der Waals surface area contributed by atoms with Gasteiger partial charge >= 0.3 is 0 Å². The highest BCUT2D eigenvalue weighted by atomic mass is 32.2. The fraction of sp³-hybridized carbons (Fsp3) is 0. The van der Waals surface area contributed by atoms with E-state index >= 15 is 0 Å². The van der Waals surface area contributed by atoms with E-state index in [-0.39, 0.29) is 10.6 Å². The molecule has 3 aromatic heterocycles. The van der Waals surface area contributed by atoms with E-state index in [0.29, 0.717) is 5.39 Å². The van der Waals surface area contributed by atoms with Crippen molar-refractivity contribution in [3.63, 3.8) is 0 Å². The number of non-ortho nitro benzene ring substituents is 1. The number of thiazole rings is 1. The lowest BCUT2D eigenvalue weighted by Gasteiger charge is -2.05. The van der Waals surface area contributed by atoms with Crippen molar-refractivity contribution in [1.82, 2.24) is 19.6 Å². The Morgan fingerprint density at radius 1 is 1.08 bits per heavy atom. The largest absolute Gasteiger partial charge is 0.278 e. The van der Waals surface area contributed by atoms with Crippen LogP contribution in [0.15, 0.2) is 64.9 Å². The van der Waals surface area contributed by atoms with Crippen LogP contribution < -0.4 is 0 Å². The third kappa shape index (κ3) is 2.25. The van der Waals surface area contributed by atoms with Gasteiger partial charge in [0, 0.05) is 28.7 Å². The summed E-state index contributed by atoms with van der Waals surface area (Å²) < 4.78 is 3.15. The SMILES string of the molecule is O=[N+]([O-])c1ccc(Sc2nnc3sc4ccccc4n23)c2ccncc12. The van der Waals surface area contributed by atoms with Crippen LogP contribution in [0, 0.1) is 10.1 Å². The molecule has 0 N–H and O–H groups in total. The van der Waals surface area contributed by atoms with E-state index in [2.05, 4.69) is 21.2 Å². The van der Waals surface area contributed by atoms with Gasteiger partial charge in [-0.1, -0.05) is 23.5 Å². The average molecular weight is 379 g/mol. The number of nitrogens with zero attached hydrogens (tertiary/aromatic N) is 5. The molecule has 7 nitrogen and oxygen atoms in total. The molecule has 0 unspecified atom stereocenters. The van der Waals surface area contributed by atoms with Crippen molar-refractivity contribution in [3.8, 4) is 0 Å². The third-order valence-corrected chi connectivity index (χ3v) is 6.10. The van der Waals surface area contributed by atoms with Crippen molar-refractivity contribution < 1.29 is 4.92 Å². The Morgan fingerprint density at radius 3 is 2.85 bits per heavy atom. The van der Waals surface area contributed by atoms with Gasteiger partial charge in [-0.2, -0.15) is 0 Å². The summed E-state index contributed by atoms with van der Waals surface area (Å²) in [7, 11) is 0. The maximum absolute atomic E-state index is 11.3. The normalized spacial score (nSPS) is 11.5. The van der Waals surface area contributed by atoms with Crippen molar-refractivity contribution in [3.05, 3.63) is 65.0 Å². The Balaban J connectivity index is 1.70. The lowest BCUT2D eigenvalue weighted by Crippen LogP contribution is -1.92. The smallest absolute Gasteiger partial charge is 0.264 e. The van der Waals surface area contributed by atoms with Crippen LogP contribution in [0.25, 0.3) is 25.9 Å². The van der Waals surface area contributed by atoms with E-state index in [1.54, 1.807) is 29.7 Å². The molecule has 0 aliphatic heterocycles. The molecule has 0 radical (unpaired) electrons. The zero-order chi connectivity index (χ0) is 17.7. The van der Waals surface area contributed by atoms with Crippen LogP contribution in [0.4, 0.5) is 5.69 Å². The number of hydrogen-bond acceptors (Lipinski definition) is 7. The summed E-state index contributed by atoms with van der Waals surface area (Å²) in [5.74, 6) is 0. The van der Waals surface area contributed by atoms with Crippen molar-refractivity contribution in [2.45, 2.75) is 10.1 Å². The van der Waals surface area contributed by atoms with Gasteiger partial charge in [0.1, 0.15) is 0 Å². The number of pyridine rings is 1. The van der Waals surface area contributed by atoms with E-state index < -0.39 is 0 Å². The zero-order valence-corrected chi connectivity index (χ0v) is 14.7. The molecule has 0 saturated carbocycles. The second kappa shape index (κ2) is 5.75. The fourth-order valence-electron chi connectivity index (χ4n) is 2.92. The summed E-state index contributed by atoms with van der Waals surface area (Å²) in [6, 6.07) is 13.1. The van der Waals surface area contributed by atoms with Crippen LogP contribution >= 0.6 is 23.1 Å². The van der Waals surface area contributed by atoms with Gasteiger partial charge in [-0.25, -0.2) is 0 Å². The van der Waals surface area contributed by atoms with Crippen LogP contribution in [-0.4, -0.2) is 24.5 Å². The molecule has 26 heavy (non-hydrogen) atoms. The third-order valence-electron chi connectivity index (χ3n) is 4.06. The molecule has 9 heteroatoms. The summed E-state index contributed by atoms with van der Waals surface area (Å²) in [5, 5.41) is 21.9. The van der Waals surface area contributed by atoms with E-state index in [1.807, 2.05) is 22.6 Å². The summed E-state index contributed by atoms with van der Waals surface area (Å²) >= 11 is 3.02. The highest BCUT2D eigenvalue weighted by Crippen LogP contribution is 2.38. The van der Waals surface area contributed by atoms with Crippen molar-refractivity contribution in [2.24, 2.45) is 0 Å². The molecule has 0 spiro atoms. The molecule has 2 aromatic carbocycles. The highest BCUT2D eigenvalue weighted by Gasteiger charge is 2.18. The molecule has 5 rings (SSSR count). The predicted molar refractivity (Wildman–Crippen MR) is 101 cm³/mol. The first-order chi connectivity index (χ1) is 12.7. The Morgan fingerprint density at radius 2 is 1.96 bits per heavy atom. The minimum atomic E-state index is -0.389. The zero-order valence-electron chi connectivity index (χ0n) is 13.1. The number of hydrogen-bond donors (Lipinski definition) is 0. The first-order valence-corrected chi connectivity index (χ1v) is 9.27. The van der Waals surface area contributed by atoms with E-state index in [1.165, 1.54) is 24.0 Å². The molecule has 5 aromatic rings. The van der Waals surface area contributed by atoms with Crippen LogP contribution in [-0.2, 0) is 0 Å². The van der Waals surface area contributed by atoms with E-state index in [0.717, 1.165) is 30.6 Å². The lowest BCUT2D eigenvalue weighted by molar-refractivity contribution is -0.383. The first-order valence-electron chi connectivity index (χ1n) is 7.64. The summed E-state index contributed by atoms with van der Waals surface area (Å²) in [6.07, 6.45) is 3.16. The van der Waals surface area contributed by atoms with Gasteiger partial charge < -0.3 is 0 Å². The number of para-hydroxylation sites is 1. The van der Waals surface area contributed by atoms with Gasteiger partial charge in [-0.3, -0.25) is 19.5 Å². The van der Waals surface area contributed by atoms with Gasteiger partial charge in [0.2, 0.25) is 10.1 Å². The molecule has 0 saturated heterocycles. The standard InChI is InChI=1S/C17H9N5O2S2/c23-22(24)12-5-6-14(10-7-8-18-9-11(10)12)25-16-19-20-17-21(16)13-3-1-2-4-15(13)26-17/h1-9H. The van der Waals surface area contributed by atoms with Crippen LogP contribution in [0.1, 0.15) is 0 Å². The molecular formula is C17H9N5O2S2. The highest BCUT2D eigenvalue weighted by molar-refractivity contribution is 7.99. The summed E-state index contributed by atoms with van der Waals surface area (Å²) in [5.41, 5.74) is 1.10. The molecule has 0 aliphatic carbocycles. The number of rotatable bonds is 3. The topological polar surface area (TPSA) is 86.2 Å². The number of nitro benzene ring substituents is 1. The predicted octanol–water partition coefficient (Wildman–Crippen LogP) is 4.55. The minimum absolute atomic E-state index is 0.0461. The fourth-order valence-corrected chi connectivity index (χ4v) is 4.92. The minimum Gasteiger partial charge on any atom is -0.264 e. The van der Waals surface area contributed by atoms with Crippen LogP contribution in [0.2, 0.25) is 0 Å². The van der Waals surface area contributed by atoms with E-state index in [9.17, 15) is 10.1 Å². The van der Waals surface area contributed by atoms with Gasteiger partial charge in [-0.05, 0) is 36.0 Å². The lowest BCUT2D eigenvalue weighted by atomic mass is 10.1. The Bertz CT molecular complexity index is 1310. The quantitative estimate of drug-likeness (QED) is 0.338. The monoisotopic (exact) mass is 379 g/mol. The number of benzene rings is 2. The second-order valence-electron chi connectivity index (χ2n) is 5.53. The van der Waals surface area contributed by atoms with Crippen LogP contribution in [0.3, 0.4) is 0 Å². The average Bonchev–Trinajstić information content (AvgIpc) is 3.21. The molecule has 0 bridgehead atoms. The summed E-state index contributed by atoms with van der Waals surface area (Å²) in [6.45, 7) is 0. The maximum Gasteiger partial charge on any atom is 0.278 e. The molecular weight excluding hydrogens is 370 g/mol. The molecule has 0 amide bonds. The number of nitro groups is 1. The van der Waals surface area contributed by atoms with Crippen molar-refractivity contribution in [2.75, 3.05) is 0 Å². The Hall–Kier alpha value is -3.04. The van der Waals surface area contributed by atoms with Gasteiger partial charge in [0.15, 0.2) is 0 Å². The van der Waals surface area contributed by atoms with Crippen molar-refractivity contribution in [1.29, 1.82) is 0 Å². The molecule has 0 fully saturated rings. The van der Waals surface area contributed by atoms with E-state index in [4.69, 9.17) is 0 Å². The van der Waals surface area contributed by atoms with Gasteiger partial charge in [0.05, 0.1) is 20.5 Å². The second-order valence-corrected chi connectivity index (χ2v) is 7.55. The Kier molecular flexibility index (Phi) is 3.37. The van der Waals surface area contributed by atoms with Gasteiger partial charge in [-0.15, -0.1) is 10.2 Å². The Labute approximate surface area is 154 Å². The maximum atomic E-state index is 11.3. The molecule has 3 heterocycles. The number of aromatic nitrogens is 4. The molecule has 126 valence electrons. The van der Waals surface area contributed by atoms with Crippen molar-refractivity contribution >= 4 is 54.7 Å². The van der Waals surface area contributed by atoms with Crippen LogP contribution in [0.5, 0.6) is 0 Å². The molecule has 0 aliphatic rings. The summed E-state index contributed by atoms with van der Waals surface area (Å²) in [4.78, 5) is 16.6. The number of fused-ring (bicyclic) bond motifs is 4. The molecule has 0 atom stereocenters. The first kappa shape index (κ1) is 15.2. The van der Waals surface area contributed by atoms with Gasteiger partial charge in [0.25, 0.3) is 5.69 Å².